The maximum absolute atomic E-state index is 12.3. The zero-order valence-corrected chi connectivity index (χ0v) is 13.7. The quantitative estimate of drug-likeness (QED) is 0.507. The van der Waals surface area contributed by atoms with E-state index in [9.17, 15) is 24.0 Å². The number of nitrogens with zero attached hydrogens (tertiary/aromatic N) is 1. The van der Waals surface area contributed by atoms with Crippen molar-refractivity contribution in [3.05, 3.63) is 35.4 Å². The van der Waals surface area contributed by atoms with Crippen molar-refractivity contribution in [2.45, 2.75) is 13.0 Å². The molecule has 25 heavy (non-hydrogen) atoms. The average Bonchev–Trinajstić information content (AvgIpc) is 2.88. The van der Waals surface area contributed by atoms with Gasteiger partial charge in [0.2, 0.25) is 5.91 Å². The minimum Gasteiger partial charge on any atom is -0.454 e. The molecule has 1 aliphatic rings. The number of carbonyl (C=O) groups is 5. The molecule has 4 amide bonds. The number of imide groups is 1. The van der Waals surface area contributed by atoms with E-state index in [1.54, 1.807) is 12.1 Å². The molecule has 0 radical (unpaired) electrons. The second-order valence-corrected chi connectivity index (χ2v) is 5.26. The third-order valence-corrected chi connectivity index (χ3v) is 3.62. The number of hydrogen-bond donors (Lipinski definition) is 2. The fourth-order valence-electron chi connectivity index (χ4n) is 2.24. The van der Waals surface area contributed by atoms with Gasteiger partial charge in [-0.1, -0.05) is 12.1 Å². The maximum atomic E-state index is 12.3. The Bertz CT molecular complexity index is 710. The van der Waals surface area contributed by atoms with Crippen molar-refractivity contribution in [3.63, 3.8) is 0 Å². The number of fused-ring (bicyclic) bond motifs is 1. The van der Waals surface area contributed by atoms with E-state index in [2.05, 4.69) is 10.6 Å². The predicted octanol–water partition coefficient (Wildman–Crippen LogP) is -0.923. The van der Waals surface area contributed by atoms with E-state index in [1.165, 1.54) is 26.1 Å². The van der Waals surface area contributed by atoms with Gasteiger partial charge in [-0.15, -0.1) is 0 Å². The molecule has 1 aromatic carbocycles. The largest absolute Gasteiger partial charge is 0.454 e. The van der Waals surface area contributed by atoms with Gasteiger partial charge < -0.3 is 15.4 Å². The molecular weight excluding hydrogens is 330 g/mol. The zero-order valence-electron chi connectivity index (χ0n) is 13.7. The Labute approximate surface area is 143 Å². The molecule has 1 atom stereocenters. The van der Waals surface area contributed by atoms with E-state index in [0.717, 1.165) is 4.90 Å². The summed E-state index contributed by atoms with van der Waals surface area (Å²) in [5.41, 5.74) is 0.436. The first-order valence-electron chi connectivity index (χ1n) is 7.47. The first-order valence-corrected chi connectivity index (χ1v) is 7.47. The van der Waals surface area contributed by atoms with Gasteiger partial charge in [0.25, 0.3) is 17.7 Å². The molecule has 0 bridgehead atoms. The van der Waals surface area contributed by atoms with Crippen LogP contribution in [0.25, 0.3) is 0 Å². The molecule has 132 valence electrons. The number of esters is 1. The van der Waals surface area contributed by atoms with Crippen LogP contribution in [-0.2, 0) is 19.1 Å². The van der Waals surface area contributed by atoms with Gasteiger partial charge in [-0.25, -0.2) is 4.79 Å². The number of likely N-dealkylation sites (N-methyl/N-ethyl adjacent to an activating group) is 1. The molecule has 2 rings (SSSR count). The number of carbonyl (C=O) groups excluding carboxylic acids is 5. The summed E-state index contributed by atoms with van der Waals surface area (Å²) >= 11 is 0. The van der Waals surface area contributed by atoms with Crippen LogP contribution in [0.4, 0.5) is 0 Å². The van der Waals surface area contributed by atoms with Gasteiger partial charge in [0.15, 0.2) is 6.61 Å². The molecule has 0 unspecified atom stereocenters. The van der Waals surface area contributed by atoms with E-state index in [0.29, 0.717) is 0 Å². The minimum atomic E-state index is -1.18. The lowest BCUT2D eigenvalue weighted by atomic mass is 10.1. The van der Waals surface area contributed by atoms with Gasteiger partial charge in [0.1, 0.15) is 6.04 Å². The molecule has 9 heteroatoms. The van der Waals surface area contributed by atoms with Crippen molar-refractivity contribution >= 4 is 29.6 Å². The lowest BCUT2D eigenvalue weighted by molar-refractivity contribution is -0.151. The molecule has 2 N–H and O–H groups in total. The SMILES string of the molecule is CNC(=O)CNC(=O)COC(=O)[C@@H](C)N1C(=O)c2ccccc2C1=O. The summed E-state index contributed by atoms with van der Waals surface area (Å²) in [4.78, 5) is 59.9. The van der Waals surface area contributed by atoms with Crippen molar-refractivity contribution in [2.24, 2.45) is 0 Å². The van der Waals surface area contributed by atoms with Crippen molar-refractivity contribution in [3.8, 4) is 0 Å². The van der Waals surface area contributed by atoms with Gasteiger partial charge in [-0.05, 0) is 19.1 Å². The van der Waals surface area contributed by atoms with E-state index >= 15 is 0 Å². The molecule has 0 saturated carbocycles. The second kappa shape index (κ2) is 7.56. The topological polar surface area (TPSA) is 122 Å². The van der Waals surface area contributed by atoms with Gasteiger partial charge in [-0.3, -0.25) is 24.1 Å². The standard InChI is InChI=1S/C16H17N3O6/c1-9(16(24)25-8-13(21)18-7-12(20)17-2)19-14(22)10-5-3-4-6-11(10)15(19)23/h3-6,9H,7-8H2,1-2H3,(H,17,20)(H,18,21)/t9-/m1/s1. The molecule has 0 aliphatic carbocycles. The van der Waals surface area contributed by atoms with Crippen LogP contribution >= 0.6 is 0 Å². The number of ether oxygens (including phenoxy) is 1. The number of amides is 4. The molecule has 0 fully saturated rings. The highest BCUT2D eigenvalue weighted by Gasteiger charge is 2.41. The van der Waals surface area contributed by atoms with Crippen LogP contribution in [0.15, 0.2) is 24.3 Å². The van der Waals surface area contributed by atoms with Gasteiger partial charge in [0, 0.05) is 7.05 Å². The Balaban J connectivity index is 1.93. The molecule has 1 aromatic rings. The van der Waals surface area contributed by atoms with E-state index < -0.39 is 42.2 Å². The van der Waals surface area contributed by atoms with Crippen LogP contribution in [0, 0.1) is 0 Å². The first-order chi connectivity index (χ1) is 11.9. The fourth-order valence-corrected chi connectivity index (χ4v) is 2.24. The monoisotopic (exact) mass is 347 g/mol. The highest BCUT2D eigenvalue weighted by molar-refractivity contribution is 6.22. The summed E-state index contributed by atoms with van der Waals surface area (Å²) in [6, 6.07) is 5.06. The van der Waals surface area contributed by atoms with Crippen LogP contribution in [0.2, 0.25) is 0 Å². The number of nitrogens with one attached hydrogen (secondary N) is 2. The summed E-state index contributed by atoms with van der Waals surface area (Å²) in [5.74, 6) is -3.15. The number of rotatable bonds is 6. The molecule has 1 heterocycles. The van der Waals surface area contributed by atoms with Crippen LogP contribution in [-0.4, -0.2) is 60.7 Å². The van der Waals surface area contributed by atoms with Crippen molar-refractivity contribution < 1.29 is 28.7 Å². The van der Waals surface area contributed by atoms with Crippen LogP contribution in [0.5, 0.6) is 0 Å². The summed E-state index contributed by atoms with van der Waals surface area (Å²) in [7, 11) is 1.41. The highest BCUT2D eigenvalue weighted by Crippen LogP contribution is 2.24. The highest BCUT2D eigenvalue weighted by atomic mass is 16.5. The van der Waals surface area contributed by atoms with Crippen LogP contribution in [0.3, 0.4) is 0 Å². The fraction of sp³-hybridized carbons (Fsp3) is 0.312. The third kappa shape index (κ3) is 3.82. The molecule has 9 nitrogen and oxygen atoms in total. The Hall–Kier alpha value is -3.23. The summed E-state index contributed by atoms with van der Waals surface area (Å²) < 4.78 is 4.81. The summed E-state index contributed by atoms with van der Waals surface area (Å²) in [6.07, 6.45) is 0. The number of hydrogen-bond acceptors (Lipinski definition) is 6. The van der Waals surface area contributed by atoms with Crippen molar-refractivity contribution in [1.29, 1.82) is 0 Å². The summed E-state index contributed by atoms with van der Waals surface area (Å²) in [6.45, 7) is 0.469. The third-order valence-electron chi connectivity index (χ3n) is 3.62. The molecular formula is C16H17N3O6. The Morgan fingerprint density at radius 3 is 2.16 bits per heavy atom. The minimum absolute atomic E-state index is 0.218. The Morgan fingerprint density at radius 1 is 1.08 bits per heavy atom. The Morgan fingerprint density at radius 2 is 1.64 bits per heavy atom. The molecule has 0 spiro atoms. The van der Waals surface area contributed by atoms with E-state index in [4.69, 9.17) is 4.74 Å². The normalized spacial score (nSPS) is 13.9. The summed E-state index contributed by atoms with van der Waals surface area (Å²) in [5, 5.41) is 4.57. The van der Waals surface area contributed by atoms with Gasteiger partial charge in [0.05, 0.1) is 17.7 Å². The van der Waals surface area contributed by atoms with E-state index in [1.807, 2.05) is 0 Å². The van der Waals surface area contributed by atoms with Gasteiger partial charge >= 0.3 is 5.97 Å². The first kappa shape index (κ1) is 18.1. The second-order valence-electron chi connectivity index (χ2n) is 5.26. The van der Waals surface area contributed by atoms with Crippen LogP contribution in [0.1, 0.15) is 27.6 Å². The molecule has 0 saturated heterocycles. The predicted molar refractivity (Wildman–Crippen MR) is 84.4 cm³/mol. The van der Waals surface area contributed by atoms with E-state index in [-0.39, 0.29) is 17.7 Å². The lowest BCUT2D eigenvalue weighted by Gasteiger charge is -2.20. The van der Waals surface area contributed by atoms with Crippen molar-refractivity contribution in [1.82, 2.24) is 15.5 Å². The van der Waals surface area contributed by atoms with Crippen LogP contribution < -0.4 is 10.6 Å². The lowest BCUT2D eigenvalue weighted by Crippen LogP contribution is -2.45. The molecule has 0 aromatic heterocycles. The smallest absolute Gasteiger partial charge is 0.329 e. The zero-order chi connectivity index (χ0) is 18.6. The average molecular weight is 347 g/mol. The molecule has 1 aliphatic heterocycles. The maximum Gasteiger partial charge on any atom is 0.329 e. The Kier molecular flexibility index (Phi) is 5.48. The number of benzene rings is 1. The van der Waals surface area contributed by atoms with Crippen molar-refractivity contribution in [2.75, 3.05) is 20.2 Å². The van der Waals surface area contributed by atoms with Gasteiger partial charge in [-0.2, -0.15) is 0 Å².